The summed E-state index contributed by atoms with van der Waals surface area (Å²) in [7, 11) is 1.48. The van der Waals surface area contributed by atoms with Gasteiger partial charge in [-0.05, 0) is 48.3 Å². The van der Waals surface area contributed by atoms with Crippen molar-refractivity contribution in [1.82, 2.24) is 0 Å². The van der Waals surface area contributed by atoms with Gasteiger partial charge in [0.2, 0.25) is 6.79 Å². The normalized spacial score (nSPS) is 20.3. The Morgan fingerprint density at radius 2 is 2.05 bits per heavy atom. The molecule has 0 saturated carbocycles. The minimum absolute atomic E-state index is 0.00470. The van der Waals surface area contributed by atoms with Crippen LogP contribution in [0.5, 0.6) is 17.2 Å². The van der Waals surface area contributed by atoms with Gasteiger partial charge < -0.3 is 18.9 Å². The molecule has 1 aliphatic heterocycles. The molecule has 3 atom stereocenters. The van der Waals surface area contributed by atoms with Crippen LogP contribution in [0.4, 0.5) is 5.69 Å². The topological polar surface area (TPSA) is 114 Å². The highest BCUT2D eigenvalue weighted by Crippen LogP contribution is 2.50. The van der Waals surface area contributed by atoms with Crippen LogP contribution in [0.1, 0.15) is 43.5 Å². The van der Waals surface area contributed by atoms with Gasteiger partial charge in [0.1, 0.15) is 18.1 Å². The van der Waals surface area contributed by atoms with Crippen LogP contribution >= 0.6 is 0 Å². The molecule has 0 radical (unpaired) electrons. The first-order valence-corrected chi connectivity index (χ1v) is 13.3. The lowest BCUT2D eigenvalue weighted by atomic mass is 9.64. The fourth-order valence-corrected chi connectivity index (χ4v) is 6.19. The molecule has 212 valence electrons. The maximum absolute atomic E-state index is 13.7. The van der Waals surface area contributed by atoms with Crippen molar-refractivity contribution in [2.24, 2.45) is 11.3 Å². The molecule has 0 unspecified atom stereocenters. The molecule has 0 fully saturated rings. The Balaban J connectivity index is 1.58. The van der Waals surface area contributed by atoms with Crippen LogP contribution in [0.3, 0.4) is 0 Å². The van der Waals surface area contributed by atoms with Crippen molar-refractivity contribution in [2.45, 2.75) is 39.2 Å². The van der Waals surface area contributed by atoms with Crippen LogP contribution in [0.2, 0.25) is 0 Å². The Labute approximate surface area is 237 Å². The third-order valence-corrected chi connectivity index (χ3v) is 8.11. The summed E-state index contributed by atoms with van der Waals surface area (Å²) >= 11 is 0. The number of allylic oxidation sites excluding steroid dienone is 3. The number of hydrogen-bond acceptors (Lipinski definition) is 8. The summed E-state index contributed by atoms with van der Waals surface area (Å²) in [5.74, 6) is 0.0557. The van der Waals surface area contributed by atoms with E-state index in [0.717, 1.165) is 24.7 Å². The first kappa shape index (κ1) is 27.9. The molecule has 3 aromatic carbocycles. The molecule has 2 aliphatic rings. The maximum Gasteiger partial charge on any atom is 0.339 e. The first-order valence-electron chi connectivity index (χ1n) is 13.3. The zero-order valence-electron chi connectivity index (χ0n) is 23.2. The number of nitro benzene ring substituents is 1. The number of fused-ring (bicyclic) bond motifs is 5. The number of carbonyl (C=O) groups is 2. The van der Waals surface area contributed by atoms with Crippen LogP contribution in [0, 0.1) is 21.4 Å². The second-order valence-corrected chi connectivity index (χ2v) is 10.7. The standard InChI is InChI=1S/C32H31NO8/c1-6-32(4)12-8-9-20(29(32)18(2)16-34)13-19(3)41-31(35)23-15-26-30(40-17-39-26)28-21-10-7-11-25(38-5)22(21)14-24(27(23)28)33(36)37/h6-7,9-11,14-16,19,29H,1-2,8,12-13,17H2,3-5H3/t19-,29+,32+/m1/s1. The van der Waals surface area contributed by atoms with E-state index in [9.17, 15) is 19.7 Å². The van der Waals surface area contributed by atoms with E-state index in [4.69, 9.17) is 18.9 Å². The second-order valence-electron chi connectivity index (χ2n) is 10.7. The number of rotatable bonds is 9. The van der Waals surface area contributed by atoms with Crippen LogP contribution in [0.15, 0.2) is 66.8 Å². The molecule has 3 aromatic rings. The van der Waals surface area contributed by atoms with Gasteiger partial charge >= 0.3 is 5.97 Å². The molecular weight excluding hydrogens is 526 g/mol. The zero-order valence-corrected chi connectivity index (χ0v) is 23.2. The molecule has 5 rings (SSSR count). The lowest BCUT2D eigenvalue weighted by Gasteiger charge is -2.40. The van der Waals surface area contributed by atoms with E-state index in [0.29, 0.717) is 45.4 Å². The maximum atomic E-state index is 13.7. The second kappa shape index (κ2) is 10.7. The Kier molecular flexibility index (Phi) is 7.29. The number of non-ortho nitro benzene ring substituents is 1. The number of nitro groups is 1. The van der Waals surface area contributed by atoms with E-state index in [1.165, 1.54) is 19.2 Å². The molecule has 9 heteroatoms. The number of carbonyl (C=O) groups excluding carboxylic acids is 2. The number of ether oxygens (including phenoxy) is 4. The van der Waals surface area contributed by atoms with Crippen LogP contribution < -0.4 is 14.2 Å². The van der Waals surface area contributed by atoms with E-state index in [1.54, 1.807) is 25.1 Å². The number of benzene rings is 3. The summed E-state index contributed by atoms with van der Waals surface area (Å²) in [5.41, 5.74) is 0.735. The Hall–Kier alpha value is -4.66. The van der Waals surface area contributed by atoms with Crippen molar-refractivity contribution < 1.29 is 33.5 Å². The van der Waals surface area contributed by atoms with Gasteiger partial charge in [-0.1, -0.05) is 43.4 Å². The van der Waals surface area contributed by atoms with Gasteiger partial charge in [0, 0.05) is 29.2 Å². The first-order chi connectivity index (χ1) is 19.6. The van der Waals surface area contributed by atoms with E-state index in [-0.39, 0.29) is 34.8 Å². The fourth-order valence-electron chi connectivity index (χ4n) is 6.19. The Bertz CT molecular complexity index is 1650. The zero-order chi connectivity index (χ0) is 29.5. The predicted molar refractivity (Wildman–Crippen MR) is 155 cm³/mol. The quantitative estimate of drug-likeness (QED) is 0.0533. The highest BCUT2D eigenvalue weighted by Gasteiger charge is 2.38. The molecule has 0 amide bonds. The third-order valence-electron chi connectivity index (χ3n) is 8.11. The number of methoxy groups -OCH3 is 1. The minimum atomic E-state index is -0.736. The molecule has 1 heterocycles. The monoisotopic (exact) mass is 557 g/mol. The molecule has 0 spiro atoms. The summed E-state index contributed by atoms with van der Waals surface area (Å²) in [6.45, 7) is 11.7. The Morgan fingerprint density at radius 1 is 1.27 bits per heavy atom. The van der Waals surface area contributed by atoms with Gasteiger partial charge in [0.15, 0.2) is 11.5 Å². The highest BCUT2D eigenvalue weighted by molar-refractivity contribution is 6.22. The van der Waals surface area contributed by atoms with Crippen molar-refractivity contribution in [2.75, 3.05) is 13.9 Å². The molecular formula is C32H31NO8. The van der Waals surface area contributed by atoms with Crippen LogP contribution in [-0.4, -0.2) is 37.2 Å². The van der Waals surface area contributed by atoms with Gasteiger partial charge in [0.25, 0.3) is 5.69 Å². The molecule has 41 heavy (non-hydrogen) atoms. The van der Waals surface area contributed by atoms with E-state index < -0.39 is 17.0 Å². The smallest absolute Gasteiger partial charge is 0.339 e. The van der Waals surface area contributed by atoms with Gasteiger partial charge in [0.05, 0.1) is 23.0 Å². The largest absolute Gasteiger partial charge is 0.496 e. The van der Waals surface area contributed by atoms with Crippen molar-refractivity contribution in [3.63, 3.8) is 0 Å². The summed E-state index contributed by atoms with van der Waals surface area (Å²) in [5, 5.41) is 13.9. The average Bonchev–Trinajstić information content (AvgIpc) is 3.44. The average molecular weight is 558 g/mol. The summed E-state index contributed by atoms with van der Waals surface area (Å²) in [6.07, 6.45) is 6.04. The lowest BCUT2D eigenvalue weighted by Crippen LogP contribution is -2.33. The van der Waals surface area contributed by atoms with Crippen molar-refractivity contribution in [3.8, 4) is 17.2 Å². The molecule has 9 nitrogen and oxygen atoms in total. The number of hydrogen-bond donors (Lipinski definition) is 0. The van der Waals surface area contributed by atoms with Crippen molar-refractivity contribution in [3.05, 3.63) is 82.5 Å². The summed E-state index contributed by atoms with van der Waals surface area (Å²) in [6, 6.07) is 8.09. The van der Waals surface area contributed by atoms with Crippen LogP contribution in [-0.2, 0) is 9.53 Å². The van der Waals surface area contributed by atoms with Gasteiger partial charge in [-0.25, -0.2) is 4.79 Å². The van der Waals surface area contributed by atoms with E-state index in [2.05, 4.69) is 19.2 Å². The molecule has 1 aliphatic carbocycles. The lowest BCUT2D eigenvalue weighted by molar-refractivity contribution is -0.383. The number of aldehydes is 1. The summed E-state index contributed by atoms with van der Waals surface area (Å²) < 4.78 is 22.7. The third kappa shape index (κ3) is 4.71. The molecule has 0 N–H and O–H groups in total. The van der Waals surface area contributed by atoms with E-state index in [1.807, 2.05) is 13.0 Å². The van der Waals surface area contributed by atoms with Crippen molar-refractivity contribution >= 4 is 39.5 Å². The Morgan fingerprint density at radius 3 is 2.73 bits per heavy atom. The number of nitrogens with zero attached hydrogens (tertiary/aromatic N) is 1. The summed E-state index contributed by atoms with van der Waals surface area (Å²) in [4.78, 5) is 37.2. The fraction of sp³-hybridized carbons (Fsp3) is 0.312. The van der Waals surface area contributed by atoms with Gasteiger partial charge in [-0.3, -0.25) is 14.9 Å². The molecule has 0 aromatic heterocycles. The highest BCUT2D eigenvalue weighted by atomic mass is 16.7. The predicted octanol–water partition coefficient (Wildman–Crippen LogP) is 6.86. The molecule has 0 saturated heterocycles. The van der Waals surface area contributed by atoms with Gasteiger partial charge in [-0.2, -0.15) is 0 Å². The SMILES string of the molecule is C=C[C@@]1(C)CCC=C(C[C@@H](C)OC(=O)c2cc3c(c4c2c([N+](=O)[O-])cc2c(OC)cccc24)OCO3)[C@@H]1C(=C)C=O. The minimum Gasteiger partial charge on any atom is -0.496 e. The van der Waals surface area contributed by atoms with Gasteiger partial charge in [-0.15, -0.1) is 6.58 Å². The number of esters is 1. The molecule has 0 bridgehead atoms. The van der Waals surface area contributed by atoms with E-state index >= 15 is 0 Å². The van der Waals surface area contributed by atoms with Crippen molar-refractivity contribution in [1.29, 1.82) is 0 Å². The van der Waals surface area contributed by atoms with Crippen LogP contribution in [0.25, 0.3) is 21.5 Å².